The Morgan fingerprint density at radius 2 is 1.68 bits per heavy atom. The summed E-state index contributed by atoms with van der Waals surface area (Å²) < 4.78 is 5.46. The van der Waals surface area contributed by atoms with Gasteiger partial charge in [0.05, 0.1) is 19.1 Å². The maximum atomic E-state index is 12.2. The average molecular weight is 421 g/mol. The van der Waals surface area contributed by atoms with Crippen molar-refractivity contribution in [2.45, 2.75) is 18.5 Å². The fourth-order valence-corrected chi connectivity index (χ4v) is 5.54. The number of carbonyl (C=O) groups excluding carboxylic acids is 1. The SMILES string of the molecule is NC(=O)[C@@H]1CN2CCN(Cc3ccc(N4CCOCC4)cc3)C[C@@H]2[C@H]1c1ccccc1. The first kappa shape index (κ1) is 20.5. The highest BCUT2D eigenvalue weighted by molar-refractivity contribution is 5.78. The number of rotatable bonds is 5. The van der Waals surface area contributed by atoms with Crippen LogP contribution in [-0.4, -0.2) is 74.2 Å². The Hall–Kier alpha value is -2.41. The van der Waals surface area contributed by atoms with Crippen LogP contribution in [0, 0.1) is 5.92 Å². The van der Waals surface area contributed by atoms with Gasteiger partial charge in [0.1, 0.15) is 0 Å². The predicted molar refractivity (Wildman–Crippen MR) is 122 cm³/mol. The van der Waals surface area contributed by atoms with E-state index in [1.807, 2.05) is 6.07 Å². The van der Waals surface area contributed by atoms with Crippen molar-refractivity contribution >= 4 is 11.6 Å². The molecule has 3 fully saturated rings. The van der Waals surface area contributed by atoms with Gasteiger partial charge in [-0.25, -0.2) is 0 Å². The quantitative estimate of drug-likeness (QED) is 0.801. The maximum absolute atomic E-state index is 12.2. The van der Waals surface area contributed by atoms with Gasteiger partial charge in [-0.05, 0) is 23.3 Å². The van der Waals surface area contributed by atoms with Crippen molar-refractivity contribution in [3.8, 4) is 0 Å². The Morgan fingerprint density at radius 3 is 2.39 bits per heavy atom. The van der Waals surface area contributed by atoms with E-state index >= 15 is 0 Å². The van der Waals surface area contributed by atoms with Gasteiger partial charge in [0.25, 0.3) is 0 Å². The number of morpholine rings is 1. The zero-order valence-electron chi connectivity index (χ0n) is 18.0. The molecular formula is C25H32N4O2. The molecule has 31 heavy (non-hydrogen) atoms. The molecule has 2 aromatic carbocycles. The van der Waals surface area contributed by atoms with E-state index in [0.717, 1.165) is 59.0 Å². The zero-order valence-corrected chi connectivity index (χ0v) is 18.0. The van der Waals surface area contributed by atoms with Crippen molar-refractivity contribution < 1.29 is 9.53 Å². The van der Waals surface area contributed by atoms with Crippen LogP contribution in [-0.2, 0) is 16.1 Å². The summed E-state index contributed by atoms with van der Waals surface area (Å²) in [4.78, 5) is 19.6. The van der Waals surface area contributed by atoms with E-state index in [2.05, 4.69) is 63.2 Å². The molecule has 6 nitrogen and oxygen atoms in total. The molecule has 3 saturated heterocycles. The number of amides is 1. The van der Waals surface area contributed by atoms with E-state index in [1.165, 1.54) is 16.8 Å². The standard InChI is InChI=1S/C25H32N4O2/c26-25(30)22-17-29-11-10-27(18-23(29)24(22)20-4-2-1-3-5-20)16-19-6-8-21(9-7-19)28-12-14-31-15-13-28/h1-9,22-24H,10-18H2,(H2,26,30)/t22-,23-,24+/m1/s1. The molecule has 6 heteroatoms. The number of nitrogens with two attached hydrogens (primary N) is 1. The Morgan fingerprint density at radius 1 is 0.935 bits per heavy atom. The number of primary amides is 1. The van der Waals surface area contributed by atoms with Gasteiger partial charge >= 0.3 is 0 Å². The molecule has 1 amide bonds. The number of hydrogen-bond donors (Lipinski definition) is 1. The second-order valence-corrected chi connectivity index (χ2v) is 9.01. The second-order valence-electron chi connectivity index (χ2n) is 9.01. The first-order valence-electron chi connectivity index (χ1n) is 11.4. The lowest BCUT2D eigenvalue weighted by molar-refractivity contribution is -0.121. The van der Waals surface area contributed by atoms with E-state index in [-0.39, 0.29) is 17.7 Å². The summed E-state index contributed by atoms with van der Waals surface area (Å²) in [5.74, 6) is -0.112. The third kappa shape index (κ3) is 4.33. The van der Waals surface area contributed by atoms with Gasteiger partial charge in [-0.15, -0.1) is 0 Å². The number of ether oxygens (including phenoxy) is 1. The lowest BCUT2D eigenvalue weighted by atomic mass is 9.83. The van der Waals surface area contributed by atoms with Crippen LogP contribution >= 0.6 is 0 Å². The van der Waals surface area contributed by atoms with E-state index in [1.54, 1.807) is 0 Å². The van der Waals surface area contributed by atoms with Crippen LogP contribution in [0.5, 0.6) is 0 Å². The van der Waals surface area contributed by atoms with Gasteiger partial charge in [0, 0.05) is 63.5 Å². The van der Waals surface area contributed by atoms with Gasteiger partial charge < -0.3 is 15.4 Å². The summed E-state index contributed by atoms with van der Waals surface area (Å²) in [6, 6.07) is 19.8. The second kappa shape index (κ2) is 8.99. The van der Waals surface area contributed by atoms with Crippen molar-refractivity contribution in [3.63, 3.8) is 0 Å². The Kier molecular flexibility index (Phi) is 5.94. The van der Waals surface area contributed by atoms with Gasteiger partial charge in [-0.3, -0.25) is 14.6 Å². The normalized spacial score (nSPS) is 27.2. The lowest BCUT2D eigenvalue weighted by Gasteiger charge is -2.39. The molecule has 0 aromatic heterocycles. The van der Waals surface area contributed by atoms with Crippen LogP contribution in [0.1, 0.15) is 17.0 Å². The molecule has 3 aliphatic rings. The molecule has 0 unspecified atom stereocenters. The van der Waals surface area contributed by atoms with E-state index in [0.29, 0.717) is 6.04 Å². The Balaban J connectivity index is 1.28. The summed E-state index contributed by atoms with van der Waals surface area (Å²) >= 11 is 0. The number of nitrogens with zero attached hydrogens (tertiary/aromatic N) is 3. The Bertz CT molecular complexity index is 882. The van der Waals surface area contributed by atoms with E-state index in [4.69, 9.17) is 10.5 Å². The minimum Gasteiger partial charge on any atom is -0.378 e. The van der Waals surface area contributed by atoms with Crippen molar-refractivity contribution in [3.05, 3.63) is 65.7 Å². The third-order valence-electron chi connectivity index (χ3n) is 7.17. The lowest BCUT2D eigenvalue weighted by Crippen LogP contribution is -2.51. The topological polar surface area (TPSA) is 62.0 Å². The molecule has 164 valence electrons. The minimum atomic E-state index is -0.173. The van der Waals surface area contributed by atoms with Crippen LogP contribution in [0.25, 0.3) is 0 Å². The maximum Gasteiger partial charge on any atom is 0.222 e. The van der Waals surface area contributed by atoms with Crippen LogP contribution < -0.4 is 10.6 Å². The largest absolute Gasteiger partial charge is 0.378 e. The molecule has 3 atom stereocenters. The number of benzene rings is 2. The summed E-state index contributed by atoms with van der Waals surface area (Å²) in [5, 5.41) is 0. The molecule has 0 spiro atoms. The Labute approximate surface area is 184 Å². The molecular weight excluding hydrogens is 388 g/mol. The van der Waals surface area contributed by atoms with Crippen LogP contribution in [0.4, 0.5) is 5.69 Å². The molecule has 0 saturated carbocycles. The summed E-state index contributed by atoms with van der Waals surface area (Å²) in [7, 11) is 0. The molecule has 3 heterocycles. The van der Waals surface area contributed by atoms with Gasteiger partial charge in [0.2, 0.25) is 5.91 Å². The van der Waals surface area contributed by atoms with Gasteiger partial charge in [0.15, 0.2) is 0 Å². The van der Waals surface area contributed by atoms with Crippen LogP contribution in [0.3, 0.4) is 0 Å². The number of fused-ring (bicyclic) bond motifs is 1. The monoisotopic (exact) mass is 420 g/mol. The van der Waals surface area contributed by atoms with E-state index < -0.39 is 0 Å². The number of anilines is 1. The van der Waals surface area contributed by atoms with Crippen LogP contribution in [0.2, 0.25) is 0 Å². The molecule has 0 radical (unpaired) electrons. The average Bonchev–Trinajstić information content (AvgIpc) is 3.20. The zero-order chi connectivity index (χ0) is 21.2. The molecule has 3 aliphatic heterocycles. The first-order valence-corrected chi connectivity index (χ1v) is 11.4. The fraction of sp³-hybridized carbons (Fsp3) is 0.480. The summed E-state index contributed by atoms with van der Waals surface area (Å²) in [6.45, 7) is 8.24. The predicted octanol–water partition coefficient (Wildman–Crippen LogP) is 1.91. The number of hydrogen-bond acceptors (Lipinski definition) is 5. The highest BCUT2D eigenvalue weighted by atomic mass is 16.5. The summed E-state index contributed by atoms with van der Waals surface area (Å²) in [5.41, 5.74) is 9.67. The first-order chi connectivity index (χ1) is 15.2. The highest BCUT2D eigenvalue weighted by Crippen LogP contribution is 2.40. The van der Waals surface area contributed by atoms with Crippen molar-refractivity contribution in [2.75, 3.05) is 57.4 Å². The third-order valence-corrected chi connectivity index (χ3v) is 7.17. The summed E-state index contributed by atoms with van der Waals surface area (Å²) in [6.07, 6.45) is 0. The molecule has 0 bridgehead atoms. The van der Waals surface area contributed by atoms with Crippen molar-refractivity contribution in [2.24, 2.45) is 11.7 Å². The molecule has 2 aromatic rings. The van der Waals surface area contributed by atoms with Gasteiger partial charge in [-0.2, -0.15) is 0 Å². The minimum absolute atomic E-state index is 0.111. The van der Waals surface area contributed by atoms with Crippen molar-refractivity contribution in [1.82, 2.24) is 9.80 Å². The smallest absolute Gasteiger partial charge is 0.222 e. The van der Waals surface area contributed by atoms with Crippen LogP contribution in [0.15, 0.2) is 54.6 Å². The molecule has 2 N–H and O–H groups in total. The van der Waals surface area contributed by atoms with Gasteiger partial charge in [-0.1, -0.05) is 42.5 Å². The number of piperazine rings is 1. The van der Waals surface area contributed by atoms with Crippen molar-refractivity contribution in [1.29, 1.82) is 0 Å². The molecule has 5 rings (SSSR count). The van der Waals surface area contributed by atoms with E-state index in [9.17, 15) is 4.79 Å². The number of carbonyl (C=O) groups is 1. The molecule has 0 aliphatic carbocycles. The highest BCUT2D eigenvalue weighted by Gasteiger charge is 2.47. The fourth-order valence-electron chi connectivity index (χ4n) is 5.54.